The van der Waals surface area contributed by atoms with Gasteiger partial charge in [-0.05, 0) is 30.3 Å². The maximum Gasteiger partial charge on any atom is 0.200 e. The van der Waals surface area contributed by atoms with E-state index in [4.69, 9.17) is 23.2 Å². The standard InChI is InChI=1S/C15H8Cl2O2S/c16-9-5-8(14(18)11(17)7-9)6-13-15(19)10-3-1-2-4-12(10)20-13/h1-7,18H. The molecular formula is C15H8Cl2O2S. The lowest BCUT2D eigenvalue weighted by Crippen LogP contribution is -1.93. The van der Waals surface area contributed by atoms with Crippen molar-refractivity contribution in [2.24, 2.45) is 0 Å². The summed E-state index contributed by atoms with van der Waals surface area (Å²) in [4.78, 5) is 13.7. The number of carbonyl (C=O) groups excluding carboxylic acids is 1. The second kappa shape index (κ2) is 5.17. The zero-order valence-corrected chi connectivity index (χ0v) is 12.4. The molecule has 0 atom stereocenters. The molecule has 0 aromatic heterocycles. The van der Waals surface area contributed by atoms with E-state index in [1.54, 1.807) is 18.2 Å². The number of thioether (sulfide) groups is 1. The Balaban J connectivity index is 2.06. The lowest BCUT2D eigenvalue weighted by atomic mass is 10.1. The fraction of sp³-hybridized carbons (Fsp3) is 0. The molecule has 0 saturated heterocycles. The summed E-state index contributed by atoms with van der Waals surface area (Å²) in [5, 5.41) is 10.5. The summed E-state index contributed by atoms with van der Waals surface area (Å²) >= 11 is 13.2. The maximum atomic E-state index is 12.2. The highest BCUT2D eigenvalue weighted by Crippen LogP contribution is 2.42. The van der Waals surface area contributed by atoms with Gasteiger partial charge < -0.3 is 5.11 Å². The monoisotopic (exact) mass is 322 g/mol. The Kier molecular flexibility index (Phi) is 3.50. The molecule has 0 amide bonds. The molecule has 0 aliphatic carbocycles. The first-order valence-corrected chi connectivity index (χ1v) is 7.35. The quantitative estimate of drug-likeness (QED) is 0.748. The van der Waals surface area contributed by atoms with Gasteiger partial charge in [-0.2, -0.15) is 0 Å². The zero-order chi connectivity index (χ0) is 14.3. The van der Waals surface area contributed by atoms with Crippen LogP contribution in [0.1, 0.15) is 15.9 Å². The van der Waals surface area contributed by atoms with Crippen LogP contribution in [0.2, 0.25) is 10.0 Å². The van der Waals surface area contributed by atoms with Gasteiger partial charge >= 0.3 is 0 Å². The molecule has 1 aliphatic rings. The topological polar surface area (TPSA) is 37.3 Å². The zero-order valence-electron chi connectivity index (χ0n) is 10.1. The molecule has 0 radical (unpaired) electrons. The number of fused-ring (bicyclic) bond motifs is 1. The van der Waals surface area contributed by atoms with Gasteiger partial charge in [-0.3, -0.25) is 4.79 Å². The predicted octanol–water partition coefficient (Wildman–Crippen LogP) is 5.03. The van der Waals surface area contributed by atoms with Crippen molar-refractivity contribution in [1.29, 1.82) is 0 Å². The summed E-state index contributed by atoms with van der Waals surface area (Å²) < 4.78 is 0. The summed E-state index contributed by atoms with van der Waals surface area (Å²) in [6.45, 7) is 0. The second-order valence-electron chi connectivity index (χ2n) is 4.26. The number of allylic oxidation sites excluding steroid dienone is 1. The number of phenols is 1. The normalized spacial score (nSPS) is 15.7. The molecule has 20 heavy (non-hydrogen) atoms. The summed E-state index contributed by atoms with van der Waals surface area (Å²) in [6, 6.07) is 10.4. The summed E-state index contributed by atoms with van der Waals surface area (Å²) in [6.07, 6.45) is 1.61. The molecule has 1 aliphatic heterocycles. The minimum absolute atomic E-state index is 0.0545. The van der Waals surface area contributed by atoms with Crippen LogP contribution >= 0.6 is 35.0 Å². The fourth-order valence-corrected chi connectivity index (χ4v) is 3.52. The molecule has 2 nitrogen and oxygen atoms in total. The first-order chi connectivity index (χ1) is 9.56. The van der Waals surface area contributed by atoms with Gasteiger partial charge in [0.15, 0.2) is 0 Å². The molecule has 3 rings (SSSR count). The molecule has 0 unspecified atom stereocenters. The van der Waals surface area contributed by atoms with Crippen LogP contribution in [0.5, 0.6) is 5.75 Å². The van der Waals surface area contributed by atoms with Crippen LogP contribution in [-0.4, -0.2) is 10.9 Å². The molecule has 5 heteroatoms. The van der Waals surface area contributed by atoms with Crippen LogP contribution in [0.3, 0.4) is 0 Å². The second-order valence-corrected chi connectivity index (χ2v) is 6.19. The molecule has 0 fully saturated rings. The van der Waals surface area contributed by atoms with Crippen LogP contribution in [0.15, 0.2) is 46.2 Å². The van der Waals surface area contributed by atoms with Crippen molar-refractivity contribution < 1.29 is 9.90 Å². The first-order valence-electron chi connectivity index (χ1n) is 5.77. The smallest absolute Gasteiger partial charge is 0.200 e. The number of Topliss-reactive ketones (excluding diaryl/α,β-unsaturated/α-hetero) is 1. The average molecular weight is 323 g/mol. The van der Waals surface area contributed by atoms with E-state index in [1.165, 1.54) is 17.8 Å². The molecule has 0 spiro atoms. The van der Waals surface area contributed by atoms with E-state index in [-0.39, 0.29) is 16.6 Å². The largest absolute Gasteiger partial charge is 0.506 e. The Bertz CT molecular complexity index is 754. The summed E-state index contributed by atoms with van der Waals surface area (Å²) in [7, 11) is 0. The van der Waals surface area contributed by atoms with Gasteiger partial charge in [0.25, 0.3) is 0 Å². The molecule has 0 saturated carbocycles. The van der Waals surface area contributed by atoms with E-state index in [1.807, 2.05) is 18.2 Å². The van der Waals surface area contributed by atoms with E-state index >= 15 is 0 Å². The fourth-order valence-electron chi connectivity index (χ4n) is 1.97. The predicted molar refractivity (Wildman–Crippen MR) is 82.7 cm³/mol. The average Bonchev–Trinajstić information content (AvgIpc) is 2.73. The number of aromatic hydroxyl groups is 1. The van der Waals surface area contributed by atoms with Gasteiger partial charge in [-0.25, -0.2) is 0 Å². The van der Waals surface area contributed by atoms with Gasteiger partial charge in [0.1, 0.15) is 5.75 Å². The van der Waals surface area contributed by atoms with E-state index in [0.29, 0.717) is 21.1 Å². The van der Waals surface area contributed by atoms with Crippen LogP contribution in [-0.2, 0) is 0 Å². The van der Waals surface area contributed by atoms with E-state index in [0.717, 1.165) is 4.90 Å². The van der Waals surface area contributed by atoms with Crippen molar-refractivity contribution in [2.45, 2.75) is 4.90 Å². The Morgan fingerprint density at radius 3 is 2.65 bits per heavy atom. The first kappa shape index (κ1) is 13.6. The van der Waals surface area contributed by atoms with E-state index in [9.17, 15) is 9.90 Å². The van der Waals surface area contributed by atoms with Gasteiger partial charge in [-0.1, -0.05) is 47.1 Å². The Morgan fingerprint density at radius 1 is 1.15 bits per heavy atom. The van der Waals surface area contributed by atoms with Crippen molar-refractivity contribution in [2.75, 3.05) is 0 Å². The highest BCUT2D eigenvalue weighted by Gasteiger charge is 2.25. The molecule has 1 heterocycles. The van der Waals surface area contributed by atoms with Gasteiger partial charge in [0.05, 0.1) is 9.93 Å². The molecule has 1 N–H and O–H groups in total. The molecule has 2 aromatic carbocycles. The molecule has 100 valence electrons. The van der Waals surface area contributed by atoms with E-state index in [2.05, 4.69) is 0 Å². The number of hydrogen-bond donors (Lipinski definition) is 1. The lowest BCUT2D eigenvalue weighted by molar-refractivity contribution is 0.104. The number of ketones is 1. The van der Waals surface area contributed by atoms with Gasteiger partial charge in [-0.15, -0.1) is 0 Å². The summed E-state index contributed by atoms with van der Waals surface area (Å²) in [5.41, 5.74) is 1.11. The minimum atomic E-state index is -0.0760. The third-order valence-corrected chi connectivity index (χ3v) is 4.53. The minimum Gasteiger partial charge on any atom is -0.506 e. The highest BCUT2D eigenvalue weighted by molar-refractivity contribution is 8.04. The lowest BCUT2D eigenvalue weighted by Gasteiger charge is -2.03. The van der Waals surface area contributed by atoms with Gasteiger partial charge in [0.2, 0.25) is 5.78 Å². The highest BCUT2D eigenvalue weighted by atomic mass is 35.5. The van der Waals surface area contributed by atoms with E-state index < -0.39 is 0 Å². The number of phenolic OH excluding ortho intramolecular Hbond substituents is 1. The van der Waals surface area contributed by atoms with Crippen LogP contribution in [0.25, 0.3) is 6.08 Å². The summed E-state index contributed by atoms with van der Waals surface area (Å²) in [5.74, 6) is -0.131. The third-order valence-electron chi connectivity index (χ3n) is 2.92. The van der Waals surface area contributed by atoms with Crippen molar-refractivity contribution in [1.82, 2.24) is 0 Å². The van der Waals surface area contributed by atoms with Crippen LogP contribution in [0.4, 0.5) is 0 Å². The SMILES string of the molecule is O=C1C(=Cc2cc(Cl)cc(Cl)c2O)Sc2ccccc21. The molecular weight excluding hydrogens is 315 g/mol. The Labute approximate surface area is 130 Å². The van der Waals surface area contributed by atoms with Crippen LogP contribution < -0.4 is 0 Å². The molecule has 2 aromatic rings. The Morgan fingerprint density at radius 2 is 1.90 bits per heavy atom. The van der Waals surface area contributed by atoms with Gasteiger partial charge in [0, 0.05) is 21.0 Å². The Hall–Kier alpha value is -1.42. The number of halogens is 2. The number of carbonyl (C=O) groups is 1. The van der Waals surface area contributed by atoms with Crippen molar-refractivity contribution >= 4 is 46.8 Å². The maximum absolute atomic E-state index is 12.2. The molecule has 0 bridgehead atoms. The van der Waals surface area contributed by atoms with Crippen molar-refractivity contribution in [3.8, 4) is 5.75 Å². The third kappa shape index (κ3) is 2.33. The number of hydrogen-bond acceptors (Lipinski definition) is 3. The van der Waals surface area contributed by atoms with Crippen LogP contribution in [0, 0.1) is 0 Å². The number of benzene rings is 2. The van der Waals surface area contributed by atoms with Crippen molar-refractivity contribution in [3.05, 3.63) is 62.5 Å². The number of rotatable bonds is 1. The van der Waals surface area contributed by atoms with Crippen molar-refractivity contribution in [3.63, 3.8) is 0 Å².